The molecule has 28 heavy (non-hydrogen) atoms. The molecule has 1 amide bonds. The minimum atomic E-state index is -0.461. The van der Waals surface area contributed by atoms with Crippen molar-refractivity contribution in [3.8, 4) is 5.75 Å². The smallest absolute Gasteiger partial charge is 0.256 e. The first-order valence-electron chi connectivity index (χ1n) is 9.61. The molecule has 150 valence electrons. The molecular weight excluding hydrogens is 504 g/mol. The van der Waals surface area contributed by atoms with Crippen molar-refractivity contribution >= 4 is 54.1 Å². The fourth-order valence-electron chi connectivity index (χ4n) is 4.22. The van der Waals surface area contributed by atoms with Crippen molar-refractivity contribution < 1.29 is 9.90 Å². The number of phenols is 1. The van der Waals surface area contributed by atoms with Crippen LogP contribution >= 0.6 is 43.2 Å². The molecule has 1 aliphatic carbocycles. The minimum absolute atomic E-state index is 0.0556. The summed E-state index contributed by atoms with van der Waals surface area (Å²) in [7, 11) is 0. The highest BCUT2D eigenvalue weighted by Gasteiger charge is 2.37. The second-order valence-corrected chi connectivity index (χ2v) is 11.2. The van der Waals surface area contributed by atoms with Gasteiger partial charge in [0.1, 0.15) is 16.9 Å². The predicted octanol–water partition coefficient (Wildman–Crippen LogP) is 6.37. The number of carbonyl (C=O) groups excluding carboxylic acids is 1. The van der Waals surface area contributed by atoms with Gasteiger partial charge in [0.25, 0.3) is 5.91 Å². The maximum Gasteiger partial charge on any atom is 0.256 e. The summed E-state index contributed by atoms with van der Waals surface area (Å²) in [6, 6.07) is 3.62. The van der Waals surface area contributed by atoms with Crippen molar-refractivity contribution in [1.29, 1.82) is 0 Å². The summed E-state index contributed by atoms with van der Waals surface area (Å²) in [6.45, 7) is 6.97. The number of thiophene rings is 1. The third-order valence-electron chi connectivity index (χ3n) is 6.43. The van der Waals surface area contributed by atoms with Crippen molar-refractivity contribution in [2.24, 2.45) is 11.3 Å². The second kappa shape index (κ2) is 7.33. The summed E-state index contributed by atoms with van der Waals surface area (Å²) < 4.78 is 1.43. The maximum atomic E-state index is 13.0. The SMILES string of the molecule is CCC(C)(C)[C@H]1CCc2c(sc3c2C(=O)N[C@H](c2cc(Br)cc(Br)c2O)N3)C1. The number of anilines is 1. The number of hydrogen-bond acceptors (Lipinski definition) is 4. The summed E-state index contributed by atoms with van der Waals surface area (Å²) >= 11 is 8.54. The Morgan fingerprint density at radius 1 is 1.29 bits per heavy atom. The Balaban J connectivity index is 1.67. The van der Waals surface area contributed by atoms with Gasteiger partial charge >= 0.3 is 0 Å². The van der Waals surface area contributed by atoms with Gasteiger partial charge in [0.15, 0.2) is 0 Å². The highest BCUT2D eigenvalue weighted by atomic mass is 79.9. The van der Waals surface area contributed by atoms with Gasteiger partial charge in [0.2, 0.25) is 0 Å². The van der Waals surface area contributed by atoms with E-state index in [1.807, 2.05) is 6.07 Å². The number of nitrogens with one attached hydrogen (secondary N) is 2. The third-order valence-corrected chi connectivity index (χ3v) is 8.68. The molecule has 3 N–H and O–H groups in total. The Bertz CT molecular complexity index is 954. The number of hydrogen-bond donors (Lipinski definition) is 3. The summed E-state index contributed by atoms with van der Waals surface area (Å²) in [6.07, 6.45) is 3.84. The van der Waals surface area contributed by atoms with Crippen molar-refractivity contribution in [1.82, 2.24) is 5.32 Å². The van der Waals surface area contributed by atoms with Crippen LogP contribution in [0.2, 0.25) is 0 Å². The Morgan fingerprint density at radius 3 is 2.75 bits per heavy atom. The van der Waals surface area contributed by atoms with Crippen molar-refractivity contribution in [3.05, 3.63) is 42.6 Å². The molecule has 1 aromatic heterocycles. The lowest BCUT2D eigenvalue weighted by Crippen LogP contribution is -2.38. The van der Waals surface area contributed by atoms with Crippen LogP contribution in [0.4, 0.5) is 5.00 Å². The van der Waals surface area contributed by atoms with E-state index in [0.717, 1.165) is 40.7 Å². The van der Waals surface area contributed by atoms with E-state index in [1.54, 1.807) is 17.4 Å². The van der Waals surface area contributed by atoms with Gasteiger partial charge in [0.05, 0.1) is 10.0 Å². The molecule has 1 aromatic carbocycles. The van der Waals surface area contributed by atoms with Gasteiger partial charge in [-0.05, 0) is 64.2 Å². The first kappa shape index (κ1) is 20.2. The second-order valence-electron chi connectivity index (χ2n) is 8.37. The average molecular weight is 528 g/mol. The van der Waals surface area contributed by atoms with Crippen LogP contribution in [-0.2, 0) is 12.8 Å². The van der Waals surface area contributed by atoms with Crippen LogP contribution in [0.3, 0.4) is 0 Å². The number of halogens is 2. The van der Waals surface area contributed by atoms with E-state index in [9.17, 15) is 9.90 Å². The fourth-order valence-corrected chi connectivity index (χ4v) is 6.83. The number of aromatic hydroxyl groups is 1. The molecule has 4 rings (SSSR count). The van der Waals surface area contributed by atoms with E-state index in [0.29, 0.717) is 21.4 Å². The Hall–Kier alpha value is -1.05. The molecule has 4 nitrogen and oxygen atoms in total. The van der Waals surface area contributed by atoms with Gasteiger partial charge in [-0.15, -0.1) is 11.3 Å². The van der Waals surface area contributed by atoms with Crippen LogP contribution in [0.1, 0.15) is 66.1 Å². The molecule has 0 radical (unpaired) electrons. The number of benzene rings is 1. The lowest BCUT2D eigenvalue weighted by Gasteiger charge is -2.36. The van der Waals surface area contributed by atoms with E-state index in [4.69, 9.17) is 0 Å². The lowest BCUT2D eigenvalue weighted by atomic mass is 9.69. The zero-order valence-corrected chi connectivity index (χ0v) is 20.1. The molecule has 1 aliphatic heterocycles. The van der Waals surface area contributed by atoms with Crippen LogP contribution in [0.25, 0.3) is 0 Å². The molecule has 0 unspecified atom stereocenters. The van der Waals surface area contributed by atoms with E-state index in [1.165, 1.54) is 10.4 Å². The summed E-state index contributed by atoms with van der Waals surface area (Å²) in [5.41, 5.74) is 2.97. The summed E-state index contributed by atoms with van der Waals surface area (Å²) in [5.74, 6) is 0.726. The minimum Gasteiger partial charge on any atom is -0.506 e. The molecule has 2 aliphatic rings. The van der Waals surface area contributed by atoms with Gasteiger partial charge < -0.3 is 15.7 Å². The fraction of sp³-hybridized carbons (Fsp3) is 0.476. The lowest BCUT2D eigenvalue weighted by molar-refractivity contribution is 0.0934. The average Bonchev–Trinajstić information content (AvgIpc) is 3.02. The van der Waals surface area contributed by atoms with Gasteiger partial charge in [-0.3, -0.25) is 4.79 Å². The zero-order chi connectivity index (χ0) is 20.2. The normalized spacial score (nSPS) is 21.5. The monoisotopic (exact) mass is 526 g/mol. The highest BCUT2D eigenvalue weighted by Crippen LogP contribution is 2.47. The van der Waals surface area contributed by atoms with Crippen LogP contribution in [0.5, 0.6) is 5.75 Å². The van der Waals surface area contributed by atoms with Gasteiger partial charge in [-0.25, -0.2) is 0 Å². The standard InChI is InChI=1S/C21H24Br2N2O2S/c1-4-21(2,3)10-5-6-12-15(7-10)28-20-16(12)19(27)24-18(25-20)13-8-11(22)9-14(23)17(13)26/h8-10,18,25-26H,4-7H2,1-3H3,(H,24,27)/t10-,18-/m0/s1. The highest BCUT2D eigenvalue weighted by molar-refractivity contribution is 9.11. The Kier molecular flexibility index (Phi) is 5.30. The molecule has 0 bridgehead atoms. The first-order valence-corrected chi connectivity index (χ1v) is 12.0. The van der Waals surface area contributed by atoms with Crippen LogP contribution in [-0.4, -0.2) is 11.0 Å². The zero-order valence-electron chi connectivity index (χ0n) is 16.2. The molecule has 0 fully saturated rings. The molecule has 0 saturated heterocycles. The van der Waals surface area contributed by atoms with Crippen molar-refractivity contribution in [3.63, 3.8) is 0 Å². The van der Waals surface area contributed by atoms with Gasteiger partial charge in [-0.1, -0.05) is 43.1 Å². The Morgan fingerprint density at radius 2 is 2.04 bits per heavy atom. The number of fused-ring (bicyclic) bond motifs is 3. The summed E-state index contributed by atoms with van der Waals surface area (Å²) in [5, 5.41) is 17.9. The van der Waals surface area contributed by atoms with Gasteiger partial charge in [-0.2, -0.15) is 0 Å². The molecule has 0 saturated carbocycles. The van der Waals surface area contributed by atoms with Crippen molar-refractivity contribution in [2.45, 2.75) is 52.6 Å². The number of phenolic OH excluding ortho intramolecular Hbond substituents is 1. The van der Waals surface area contributed by atoms with Gasteiger partial charge in [0, 0.05) is 14.9 Å². The number of carbonyl (C=O) groups is 1. The van der Waals surface area contributed by atoms with E-state index >= 15 is 0 Å². The quantitative estimate of drug-likeness (QED) is 0.434. The molecule has 0 spiro atoms. The maximum absolute atomic E-state index is 13.0. The number of rotatable bonds is 3. The first-order chi connectivity index (χ1) is 13.2. The van der Waals surface area contributed by atoms with Crippen LogP contribution in [0, 0.1) is 11.3 Å². The topological polar surface area (TPSA) is 61.4 Å². The molecule has 7 heteroatoms. The Labute approximate surface area is 186 Å². The number of amides is 1. The van der Waals surface area contributed by atoms with E-state index in [-0.39, 0.29) is 11.7 Å². The van der Waals surface area contributed by atoms with E-state index in [2.05, 4.69) is 63.3 Å². The molecule has 2 heterocycles. The molecular formula is C21H24Br2N2O2S. The van der Waals surface area contributed by atoms with Crippen LogP contribution in [0.15, 0.2) is 21.1 Å². The third kappa shape index (κ3) is 3.39. The van der Waals surface area contributed by atoms with Crippen molar-refractivity contribution in [2.75, 3.05) is 5.32 Å². The van der Waals surface area contributed by atoms with Crippen LogP contribution < -0.4 is 10.6 Å². The summed E-state index contributed by atoms with van der Waals surface area (Å²) in [4.78, 5) is 14.3. The largest absolute Gasteiger partial charge is 0.506 e. The predicted molar refractivity (Wildman–Crippen MR) is 121 cm³/mol. The molecule has 2 aromatic rings. The molecule has 2 atom stereocenters. The van der Waals surface area contributed by atoms with E-state index < -0.39 is 6.17 Å².